The summed E-state index contributed by atoms with van der Waals surface area (Å²) in [5.41, 5.74) is 0. The maximum Gasteiger partial charge on any atom is 0.306 e. The largest absolute Gasteiger partial charge is 0.462 e. The van der Waals surface area contributed by atoms with E-state index in [9.17, 15) is 14.4 Å². The standard InChI is InChI=1S/C73H132O6/c1-4-7-10-13-16-19-22-24-26-27-28-29-30-31-32-33-34-35-36-37-38-39-40-41-42-43-44-45-47-48-51-54-57-60-63-66-72(75)78-69-70(68-77-71(74)65-62-59-56-53-50-21-18-15-12-9-6-3)79-73(76)67-64-61-58-55-52-49-46-25-23-20-17-14-11-8-5-2/h7,10,16,19,24,26,28-29,31-32,70H,4-6,8-9,11-15,17-18,20-23,25,27,30,33-69H2,1-3H3/b10-7-,19-16-,26-24-,29-28-,32-31-. The van der Waals surface area contributed by atoms with Crippen molar-refractivity contribution in [3.8, 4) is 0 Å². The maximum absolute atomic E-state index is 12.9. The second-order valence-electron chi connectivity index (χ2n) is 23.4. The number of esters is 3. The van der Waals surface area contributed by atoms with Crippen molar-refractivity contribution in [1.82, 2.24) is 0 Å². The van der Waals surface area contributed by atoms with Gasteiger partial charge in [0, 0.05) is 19.3 Å². The summed E-state index contributed by atoms with van der Waals surface area (Å²) >= 11 is 0. The van der Waals surface area contributed by atoms with Crippen LogP contribution in [0.15, 0.2) is 60.8 Å². The monoisotopic (exact) mass is 1110 g/mol. The smallest absolute Gasteiger partial charge is 0.306 e. The molecule has 0 heterocycles. The molecule has 0 aliphatic heterocycles. The molecule has 0 saturated carbocycles. The molecule has 0 aromatic heterocycles. The van der Waals surface area contributed by atoms with Crippen LogP contribution in [-0.4, -0.2) is 37.2 Å². The Hall–Kier alpha value is -2.89. The quantitative estimate of drug-likeness (QED) is 0.0261. The highest BCUT2D eigenvalue weighted by atomic mass is 16.6. The van der Waals surface area contributed by atoms with Gasteiger partial charge in [0.2, 0.25) is 0 Å². The van der Waals surface area contributed by atoms with Crippen molar-refractivity contribution in [2.45, 2.75) is 374 Å². The van der Waals surface area contributed by atoms with Gasteiger partial charge in [-0.2, -0.15) is 0 Å². The summed E-state index contributed by atoms with van der Waals surface area (Å²) in [5, 5.41) is 0. The Balaban J connectivity index is 4.04. The summed E-state index contributed by atoms with van der Waals surface area (Å²) in [4.78, 5) is 38.3. The van der Waals surface area contributed by atoms with Crippen molar-refractivity contribution in [2.24, 2.45) is 0 Å². The third-order valence-electron chi connectivity index (χ3n) is 15.5. The molecule has 0 rings (SSSR count). The summed E-state index contributed by atoms with van der Waals surface area (Å²) in [5.74, 6) is -0.841. The van der Waals surface area contributed by atoms with Crippen molar-refractivity contribution in [3.05, 3.63) is 60.8 Å². The van der Waals surface area contributed by atoms with E-state index in [-0.39, 0.29) is 31.1 Å². The highest BCUT2D eigenvalue weighted by Gasteiger charge is 2.19. The molecule has 0 amide bonds. The number of unbranched alkanes of at least 4 members (excludes halogenated alkanes) is 43. The highest BCUT2D eigenvalue weighted by molar-refractivity contribution is 5.71. The van der Waals surface area contributed by atoms with Gasteiger partial charge in [0.25, 0.3) is 0 Å². The SMILES string of the molecule is CC/C=C\C/C=C\C/C=C\C/C=C\C/C=C\CCCCCCCCCCCCCCCCCCCCCC(=O)OCC(COC(=O)CCCCCCCCCCCCC)OC(=O)CCCCCCCCCCCCCCCCC. The van der Waals surface area contributed by atoms with Crippen molar-refractivity contribution < 1.29 is 28.6 Å². The van der Waals surface area contributed by atoms with Crippen molar-refractivity contribution in [1.29, 1.82) is 0 Å². The lowest BCUT2D eigenvalue weighted by Gasteiger charge is -2.18. The Morgan fingerprint density at radius 2 is 0.494 bits per heavy atom. The highest BCUT2D eigenvalue weighted by Crippen LogP contribution is 2.18. The fourth-order valence-electron chi connectivity index (χ4n) is 10.4. The van der Waals surface area contributed by atoms with Gasteiger partial charge in [0.05, 0.1) is 0 Å². The number of rotatable bonds is 64. The van der Waals surface area contributed by atoms with Crippen LogP contribution in [0.1, 0.15) is 367 Å². The normalized spacial score (nSPS) is 12.4. The first-order valence-corrected chi connectivity index (χ1v) is 34.8. The van der Waals surface area contributed by atoms with Crippen LogP contribution < -0.4 is 0 Å². The van der Waals surface area contributed by atoms with Crippen LogP contribution in [0.4, 0.5) is 0 Å². The summed E-state index contributed by atoms with van der Waals surface area (Å²) < 4.78 is 16.9. The second kappa shape index (κ2) is 67.6. The zero-order valence-electron chi connectivity index (χ0n) is 52.9. The van der Waals surface area contributed by atoms with Crippen molar-refractivity contribution >= 4 is 17.9 Å². The van der Waals surface area contributed by atoms with Crippen LogP contribution in [0, 0.1) is 0 Å². The second-order valence-corrected chi connectivity index (χ2v) is 23.4. The first kappa shape index (κ1) is 76.1. The van der Waals surface area contributed by atoms with Crippen LogP contribution in [0.2, 0.25) is 0 Å². The fraction of sp³-hybridized carbons (Fsp3) is 0.822. The van der Waals surface area contributed by atoms with Crippen molar-refractivity contribution in [2.75, 3.05) is 13.2 Å². The number of ether oxygens (including phenoxy) is 3. The van der Waals surface area contributed by atoms with Crippen molar-refractivity contribution in [3.63, 3.8) is 0 Å². The Morgan fingerprint density at radius 3 is 0.772 bits per heavy atom. The van der Waals surface area contributed by atoms with Gasteiger partial charge in [-0.05, 0) is 64.2 Å². The predicted octanol–water partition coefficient (Wildman–Crippen LogP) is 23.9. The lowest BCUT2D eigenvalue weighted by molar-refractivity contribution is -0.167. The molecule has 0 fully saturated rings. The van der Waals surface area contributed by atoms with E-state index in [0.717, 1.165) is 89.9 Å². The lowest BCUT2D eigenvalue weighted by Crippen LogP contribution is -2.30. The molecule has 0 bridgehead atoms. The van der Waals surface area contributed by atoms with E-state index < -0.39 is 6.10 Å². The van der Waals surface area contributed by atoms with E-state index in [4.69, 9.17) is 14.2 Å². The van der Waals surface area contributed by atoms with Gasteiger partial charge in [0.15, 0.2) is 6.10 Å². The summed E-state index contributed by atoms with van der Waals surface area (Å²) in [7, 11) is 0. The van der Waals surface area contributed by atoms with Crippen LogP contribution in [-0.2, 0) is 28.6 Å². The molecule has 0 saturated heterocycles. The topological polar surface area (TPSA) is 78.9 Å². The van der Waals surface area contributed by atoms with Gasteiger partial charge in [-0.3, -0.25) is 14.4 Å². The number of allylic oxidation sites excluding steroid dienone is 10. The van der Waals surface area contributed by atoms with Gasteiger partial charge in [0.1, 0.15) is 13.2 Å². The molecule has 0 aliphatic carbocycles. The van der Waals surface area contributed by atoms with E-state index in [2.05, 4.69) is 81.5 Å². The Labute approximate surface area is 491 Å². The maximum atomic E-state index is 12.9. The first-order chi connectivity index (χ1) is 39.0. The molecule has 1 unspecified atom stereocenters. The van der Waals surface area contributed by atoms with Gasteiger partial charge in [-0.25, -0.2) is 0 Å². The molecule has 0 spiro atoms. The first-order valence-electron chi connectivity index (χ1n) is 34.8. The van der Waals surface area contributed by atoms with Crippen LogP contribution in [0.5, 0.6) is 0 Å². The Kier molecular flexibility index (Phi) is 65.1. The van der Waals surface area contributed by atoms with Crippen LogP contribution in [0.3, 0.4) is 0 Å². The van der Waals surface area contributed by atoms with E-state index in [1.54, 1.807) is 0 Å². The van der Waals surface area contributed by atoms with E-state index in [1.165, 1.54) is 238 Å². The molecule has 6 heteroatoms. The number of carbonyl (C=O) groups is 3. The minimum Gasteiger partial charge on any atom is -0.462 e. The lowest BCUT2D eigenvalue weighted by atomic mass is 10.0. The van der Waals surface area contributed by atoms with E-state index in [1.807, 2.05) is 0 Å². The third-order valence-corrected chi connectivity index (χ3v) is 15.5. The molecule has 0 aromatic rings. The molecule has 0 radical (unpaired) electrons. The fourth-order valence-corrected chi connectivity index (χ4v) is 10.4. The van der Waals surface area contributed by atoms with Gasteiger partial charge in [-0.1, -0.05) is 345 Å². The molecular formula is C73H132O6. The number of carbonyl (C=O) groups excluding carboxylic acids is 3. The Morgan fingerprint density at radius 1 is 0.266 bits per heavy atom. The Bertz CT molecular complexity index is 1410. The molecule has 1 atom stereocenters. The summed E-state index contributed by atoms with van der Waals surface area (Å²) in [6, 6.07) is 0. The van der Waals surface area contributed by atoms with E-state index >= 15 is 0 Å². The zero-order valence-corrected chi connectivity index (χ0v) is 52.9. The van der Waals surface area contributed by atoms with Gasteiger partial charge >= 0.3 is 17.9 Å². The third kappa shape index (κ3) is 65.8. The molecule has 6 nitrogen and oxygen atoms in total. The predicted molar refractivity (Wildman–Crippen MR) is 344 cm³/mol. The molecule has 460 valence electrons. The summed E-state index contributed by atoms with van der Waals surface area (Å²) in [6.07, 6.45) is 86.9. The van der Waals surface area contributed by atoms with Gasteiger partial charge in [-0.15, -0.1) is 0 Å². The molecule has 0 N–H and O–H groups in total. The van der Waals surface area contributed by atoms with E-state index in [0.29, 0.717) is 19.3 Å². The van der Waals surface area contributed by atoms with Crippen LogP contribution in [0.25, 0.3) is 0 Å². The number of hydrogen-bond donors (Lipinski definition) is 0. The molecule has 79 heavy (non-hydrogen) atoms. The molecule has 0 aliphatic rings. The number of hydrogen-bond acceptors (Lipinski definition) is 6. The van der Waals surface area contributed by atoms with Crippen LogP contribution >= 0.6 is 0 Å². The average molecular weight is 1110 g/mol. The average Bonchev–Trinajstić information content (AvgIpc) is 3.45. The molecular weight excluding hydrogens is 973 g/mol. The zero-order chi connectivity index (χ0) is 57.1. The van der Waals surface area contributed by atoms with Gasteiger partial charge < -0.3 is 14.2 Å². The minimum atomic E-state index is -0.767. The summed E-state index contributed by atoms with van der Waals surface area (Å²) in [6.45, 7) is 6.58. The molecule has 0 aromatic carbocycles. The minimum absolute atomic E-state index is 0.0657.